The van der Waals surface area contributed by atoms with Crippen molar-refractivity contribution in [3.05, 3.63) is 48.1 Å². The number of alkyl halides is 3. The number of benzene rings is 1. The quantitative estimate of drug-likeness (QED) is 0.778. The van der Waals surface area contributed by atoms with Gasteiger partial charge >= 0.3 is 6.18 Å². The first-order valence-corrected chi connectivity index (χ1v) is 3.80. The second-order valence-electron chi connectivity index (χ2n) is 2.64. The molecule has 14 heavy (non-hydrogen) atoms. The van der Waals surface area contributed by atoms with Gasteiger partial charge in [0.05, 0.1) is 5.56 Å². The van der Waals surface area contributed by atoms with E-state index in [1.807, 2.05) is 0 Å². The van der Waals surface area contributed by atoms with Crippen molar-refractivity contribution in [2.75, 3.05) is 0 Å². The van der Waals surface area contributed by atoms with E-state index < -0.39 is 11.7 Å². The third-order valence-corrected chi connectivity index (χ3v) is 1.77. The first kappa shape index (κ1) is 10.8. The Bertz CT molecular complexity index is 342. The highest BCUT2D eigenvalue weighted by Gasteiger charge is 2.35. The summed E-state index contributed by atoms with van der Waals surface area (Å²) in [7, 11) is 0. The normalized spacial score (nSPS) is 11.4. The molecule has 0 fully saturated rings. The minimum atomic E-state index is -4.49. The van der Waals surface area contributed by atoms with E-state index in [0.717, 1.165) is 6.08 Å². The first-order chi connectivity index (χ1) is 6.50. The summed E-state index contributed by atoms with van der Waals surface area (Å²) in [6.45, 7) is 3.73. The molecule has 1 nitrogen and oxygen atoms in total. The Morgan fingerprint density at radius 3 is 2.21 bits per heavy atom. The molecule has 0 spiro atoms. The molecule has 0 atom stereocenters. The Balaban J connectivity index is 3.41. The average molecular weight is 201 g/mol. The third kappa shape index (κ3) is 1.96. The van der Waals surface area contributed by atoms with Crippen molar-refractivity contribution in [3.63, 3.8) is 0 Å². The van der Waals surface area contributed by atoms with Crippen LogP contribution in [0, 0.1) is 6.61 Å². The zero-order chi connectivity index (χ0) is 10.8. The highest BCUT2D eigenvalue weighted by Crippen LogP contribution is 2.35. The fraction of sp³-hybridized carbons (Fsp3) is 0.100. The van der Waals surface area contributed by atoms with Gasteiger partial charge in [-0.3, -0.25) is 0 Å². The molecule has 0 saturated carbocycles. The third-order valence-electron chi connectivity index (χ3n) is 1.77. The van der Waals surface area contributed by atoms with Crippen LogP contribution in [0.5, 0.6) is 0 Å². The van der Waals surface area contributed by atoms with Gasteiger partial charge in [-0.25, -0.2) is 0 Å². The van der Waals surface area contributed by atoms with Crippen molar-refractivity contribution in [1.82, 2.24) is 0 Å². The Morgan fingerprint density at radius 1 is 1.21 bits per heavy atom. The first-order valence-electron chi connectivity index (χ1n) is 3.80. The lowest BCUT2D eigenvalue weighted by Gasteiger charge is -2.13. The fourth-order valence-electron chi connectivity index (χ4n) is 1.19. The predicted octanol–water partition coefficient (Wildman–Crippen LogP) is 3.23. The van der Waals surface area contributed by atoms with Gasteiger partial charge in [-0.05, 0) is 11.1 Å². The zero-order valence-corrected chi connectivity index (χ0v) is 7.17. The summed E-state index contributed by atoms with van der Waals surface area (Å²) in [5.74, 6) is 0. The van der Waals surface area contributed by atoms with Crippen molar-refractivity contribution < 1.29 is 18.3 Å². The van der Waals surface area contributed by atoms with E-state index in [0.29, 0.717) is 6.61 Å². The molecule has 0 amide bonds. The Kier molecular flexibility index (Phi) is 2.96. The number of hydrogen-bond donors (Lipinski definition) is 1. The van der Waals surface area contributed by atoms with E-state index in [1.54, 1.807) is 0 Å². The van der Waals surface area contributed by atoms with Crippen molar-refractivity contribution in [1.29, 1.82) is 0 Å². The Morgan fingerprint density at radius 2 is 1.79 bits per heavy atom. The smallest absolute Gasteiger partial charge is 0.385 e. The van der Waals surface area contributed by atoms with Gasteiger partial charge in [0.25, 0.3) is 0 Å². The summed E-state index contributed by atoms with van der Waals surface area (Å²) in [5.41, 5.74) is -1.16. The van der Waals surface area contributed by atoms with Crippen molar-refractivity contribution in [2.24, 2.45) is 0 Å². The fourth-order valence-corrected chi connectivity index (χ4v) is 1.19. The number of aliphatic hydroxyl groups is 1. The lowest BCUT2D eigenvalue weighted by Crippen LogP contribution is -2.10. The molecule has 1 aromatic carbocycles. The molecular formula is C10H8F3O. The molecule has 1 aromatic rings. The Labute approximate surface area is 79.5 Å². The van der Waals surface area contributed by atoms with Crippen molar-refractivity contribution in [3.8, 4) is 0 Å². The number of aliphatic hydroxyl groups excluding tert-OH is 1. The SMILES string of the molecule is C=Cc1cccc([CH]O)c1C(F)(F)F. The summed E-state index contributed by atoms with van der Waals surface area (Å²) in [4.78, 5) is 0. The van der Waals surface area contributed by atoms with Crippen LogP contribution in [0.15, 0.2) is 24.8 Å². The summed E-state index contributed by atoms with van der Waals surface area (Å²) < 4.78 is 37.5. The molecule has 0 aliphatic heterocycles. The summed E-state index contributed by atoms with van der Waals surface area (Å²) in [5, 5.41) is 8.64. The van der Waals surface area contributed by atoms with E-state index in [1.165, 1.54) is 18.2 Å². The highest BCUT2D eigenvalue weighted by atomic mass is 19.4. The predicted molar refractivity (Wildman–Crippen MR) is 46.9 cm³/mol. The molecule has 0 bridgehead atoms. The maximum Gasteiger partial charge on any atom is 0.417 e. The molecule has 0 aliphatic carbocycles. The maximum absolute atomic E-state index is 12.5. The largest absolute Gasteiger partial charge is 0.417 e. The summed E-state index contributed by atoms with van der Waals surface area (Å²) in [6.07, 6.45) is -3.38. The van der Waals surface area contributed by atoms with Crippen LogP contribution >= 0.6 is 0 Å². The molecule has 0 saturated heterocycles. The molecular weight excluding hydrogens is 193 g/mol. The highest BCUT2D eigenvalue weighted by molar-refractivity contribution is 5.56. The molecule has 75 valence electrons. The summed E-state index contributed by atoms with van der Waals surface area (Å²) in [6, 6.07) is 3.91. The standard InChI is InChI=1S/C10H8F3O/c1-2-7-4-3-5-8(6-14)9(7)10(11,12)13/h2-6,14H,1H2. The van der Waals surface area contributed by atoms with Crippen LogP contribution in [0.25, 0.3) is 6.08 Å². The van der Waals surface area contributed by atoms with Gasteiger partial charge in [0.1, 0.15) is 6.61 Å². The molecule has 1 N–H and O–H groups in total. The summed E-state index contributed by atoms with van der Waals surface area (Å²) >= 11 is 0. The maximum atomic E-state index is 12.5. The molecule has 0 aromatic heterocycles. The molecule has 0 aliphatic rings. The van der Waals surface area contributed by atoms with Crippen LogP contribution in [-0.2, 0) is 6.18 Å². The van der Waals surface area contributed by atoms with Gasteiger partial charge < -0.3 is 5.11 Å². The van der Waals surface area contributed by atoms with Crippen LogP contribution in [0.2, 0.25) is 0 Å². The van der Waals surface area contributed by atoms with Gasteiger partial charge in [-0.1, -0.05) is 30.9 Å². The van der Waals surface area contributed by atoms with E-state index in [2.05, 4.69) is 6.58 Å². The van der Waals surface area contributed by atoms with E-state index >= 15 is 0 Å². The molecule has 1 radical (unpaired) electrons. The number of rotatable bonds is 2. The van der Waals surface area contributed by atoms with Gasteiger partial charge in [-0.2, -0.15) is 13.2 Å². The lowest BCUT2D eigenvalue weighted by atomic mass is 10.0. The van der Waals surface area contributed by atoms with Crippen LogP contribution in [0.4, 0.5) is 13.2 Å². The monoisotopic (exact) mass is 201 g/mol. The minimum absolute atomic E-state index is 0.0414. The van der Waals surface area contributed by atoms with Gasteiger partial charge in [0.2, 0.25) is 0 Å². The Hall–Kier alpha value is -1.29. The van der Waals surface area contributed by atoms with Crippen LogP contribution in [0.3, 0.4) is 0 Å². The van der Waals surface area contributed by atoms with Gasteiger partial charge in [0, 0.05) is 0 Å². The zero-order valence-electron chi connectivity index (χ0n) is 7.17. The van der Waals surface area contributed by atoms with Gasteiger partial charge in [0.15, 0.2) is 0 Å². The number of hydrogen-bond acceptors (Lipinski definition) is 1. The second kappa shape index (κ2) is 3.84. The number of halogens is 3. The van der Waals surface area contributed by atoms with Crippen LogP contribution in [-0.4, -0.2) is 5.11 Å². The van der Waals surface area contributed by atoms with E-state index in [4.69, 9.17) is 5.11 Å². The second-order valence-corrected chi connectivity index (χ2v) is 2.64. The lowest BCUT2D eigenvalue weighted by molar-refractivity contribution is -0.138. The van der Waals surface area contributed by atoms with Gasteiger partial charge in [-0.15, -0.1) is 0 Å². The van der Waals surface area contributed by atoms with E-state index in [-0.39, 0.29) is 11.1 Å². The minimum Gasteiger partial charge on any atom is -0.385 e. The molecule has 0 unspecified atom stereocenters. The van der Waals surface area contributed by atoms with Crippen molar-refractivity contribution >= 4 is 6.08 Å². The van der Waals surface area contributed by atoms with Crippen molar-refractivity contribution in [2.45, 2.75) is 6.18 Å². The molecule has 0 heterocycles. The average Bonchev–Trinajstić information content (AvgIpc) is 2.15. The van der Waals surface area contributed by atoms with Crippen LogP contribution in [0.1, 0.15) is 16.7 Å². The van der Waals surface area contributed by atoms with Crippen LogP contribution < -0.4 is 0 Å². The van der Waals surface area contributed by atoms with E-state index in [9.17, 15) is 13.2 Å². The molecule has 4 heteroatoms. The molecule has 1 rings (SSSR count). The topological polar surface area (TPSA) is 20.2 Å².